The van der Waals surface area contributed by atoms with Crippen molar-refractivity contribution in [2.75, 3.05) is 25.1 Å². The second-order valence-corrected chi connectivity index (χ2v) is 8.70. The number of nitrogens with zero attached hydrogens (tertiary/aromatic N) is 2. The Bertz CT molecular complexity index is 1200. The van der Waals surface area contributed by atoms with Crippen LogP contribution in [-0.4, -0.2) is 43.2 Å². The fourth-order valence-corrected chi connectivity index (χ4v) is 4.11. The molecule has 2 aromatic carbocycles. The highest BCUT2D eigenvalue weighted by molar-refractivity contribution is 6.31. The number of carbonyl (C=O) groups excluding carboxylic acids is 2. The Hall–Kier alpha value is -3.65. The number of esters is 1. The number of halogens is 2. The number of pyridine rings is 1. The van der Waals surface area contributed by atoms with Crippen molar-refractivity contribution in [3.63, 3.8) is 0 Å². The van der Waals surface area contributed by atoms with Crippen LogP contribution >= 0.6 is 11.6 Å². The molecule has 7 nitrogen and oxygen atoms in total. The van der Waals surface area contributed by atoms with Crippen LogP contribution in [0.1, 0.15) is 45.7 Å². The molecule has 4 rings (SSSR count). The molecule has 1 N–H and O–H groups in total. The van der Waals surface area contributed by atoms with Gasteiger partial charge in [0.25, 0.3) is 5.91 Å². The summed E-state index contributed by atoms with van der Waals surface area (Å²) in [6.45, 7) is 3.02. The number of carbonyl (C=O) groups is 2. The van der Waals surface area contributed by atoms with E-state index in [1.165, 1.54) is 25.4 Å². The molecule has 0 saturated carbocycles. The molecule has 2 atom stereocenters. The standard InChI is InChI=1S/C26H25ClFN3O4/c1-16(17-3-5-18(6-4-17)26(33)34-2)30-25(32)23-13-19(27)14-29-24(23)31-12-11-22(15-31)35-21-9-7-20(28)8-10-21/h3-10,13-14,16,22H,11-12,15H2,1-2H3,(H,30,32)/t16-,22?/m0/s1. The van der Waals surface area contributed by atoms with E-state index in [1.807, 2.05) is 11.8 Å². The maximum Gasteiger partial charge on any atom is 0.337 e. The number of anilines is 1. The lowest BCUT2D eigenvalue weighted by atomic mass is 10.1. The first kappa shape index (κ1) is 24.5. The van der Waals surface area contributed by atoms with Gasteiger partial charge in [-0.05, 0) is 55.0 Å². The molecule has 0 bridgehead atoms. The average Bonchev–Trinajstić information content (AvgIpc) is 3.33. The zero-order valence-corrected chi connectivity index (χ0v) is 20.1. The Balaban J connectivity index is 1.45. The Morgan fingerprint density at radius 1 is 1.17 bits per heavy atom. The zero-order valence-electron chi connectivity index (χ0n) is 19.3. The zero-order chi connectivity index (χ0) is 24.9. The Kier molecular flexibility index (Phi) is 7.51. The van der Waals surface area contributed by atoms with Crippen molar-refractivity contribution in [3.8, 4) is 5.75 Å². The van der Waals surface area contributed by atoms with E-state index in [-0.39, 0.29) is 23.9 Å². The van der Waals surface area contributed by atoms with E-state index in [0.717, 1.165) is 12.0 Å². The first-order chi connectivity index (χ1) is 16.8. The molecule has 2 heterocycles. The molecule has 9 heteroatoms. The van der Waals surface area contributed by atoms with Crippen LogP contribution < -0.4 is 15.0 Å². The van der Waals surface area contributed by atoms with Crippen LogP contribution in [0.2, 0.25) is 5.02 Å². The minimum atomic E-state index is -0.421. The lowest BCUT2D eigenvalue weighted by molar-refractivity contribution is 0.0600. The lowest BCUT2D eigenvalue weighted by Crippen LogP contribution is -2.31. The van der Waals surface area contributed by atoms with Crippen LogP contribution in [0, 0.1) is 5.82 Å². The van der Waals surface area contributed by atoms with Gasteiger partial charge in [0.2, 0.25) is 0 Å². The van der Waals surface area contributed by atoms with Gasteiger partial charge in [-0.1, -0.05) is 23.7 Å². The lowest BCUT2D eigenvalue weighted by Gasteiger charge is -2.22. The summed E-state index contributed by atoms with van der Waals surface area (Å²) in [7, 11) is 1.33. The highest BCUT2D eigenvalue weighted by atomic mass is 35.5. The number of benzene rings is 2. The molecule has 0 spiro atoms. The summed E-state index contributed by atoms with van der Waals surface area (Å²) in [4.78, 5) is 31.3. The van der Waals surface area contributed by atoms with Gasteiger partial charge in [-0.25, -0.2) is 14.2 Å². The van der Waals surface area contributed by atoms with Crippen LogP contribution in [0.3, 0.4) is 0 Å². The average molecular weight is 498 g/mol. The largest absolute Gasteiger partial charge is 0.489 e. The number of hydrogen-bond donors (Lipinski definition) is 1. The minimum absolute atomic E-state index is 0.124. The van der Waals surface area contributed by atoms with Crippen molar-refractivity contribution in [3.05, 3.63) is 88.3 Å². The molecule has 0 radical (unpaired) electrons. The Morgan fingerprint density at radius 3 is 2.57 bits per heavy atom. The molecule has 0 aliphatic carbocycles. The molecule has 1 saturated heterocycles. The van der Waals surface area contributed by atoms with Crippen LogP contribution in [0.5, 0.6) is 5.75 Å². The summed E-state index contributed by atoms with van der Waals surface area (Å²) in [5.74, 6) is 0.0513. The monoisotopic (exact) mass is 497 g/mol. The van der Waals surface area contributed by atoms with E-state index in [2.05, 4.69) is 10.3 Å². The summed E-state index contributed by atoms with van der Waals surface area (Å²) in [5.41, 5.74) is 1.62. The molecule has 35 heavy (non-hydrogen) atoms. The van der Waals surface area contributed by atoms with Crippen molar-refractivity contribution in [2.24, 2.45) is 0 Å². The van der Waals surface area contributed by atoms with Crippen LogP contribution in [0.4, 0.5) is 10.2 Å². The van der Waals surface area contributed by atoms with E-state index in [0.29, 0.717) is 40.8 Å². The van der Waals surface area contributed by atoms with E-state index in [4.69, 9.17) is 21.1 Å². The topological polar surface area (TPSA) is 80.8 Å². The summed E-state index contributed by atoms with van der Waals surface area (Å²) >= 11 is 6.17. The smallest absolute Gasteiger partial charge is 0.337 e. The van der Waals surface area contributed by atoms with Crippen molar-refractivity contribution in [2.45, 2.75) is 25.5 Å². The van der Waals surface area contributed by atoms with Gasteiger partial charge >= 0.3 is 5.97 Å². The van der Waals surface area contributed by atoms with Crippen molar-refractivity contribution in [1.82, 2.24) is 10.3 Å². The third kappa shape index (κ3) is 5.89. The third-order valence-electron chi connectivity index (χ3n) is 5.82. The van der Waals surface area contributed by atoms with Crippen LogP contribution in [0.25, 0.3) is 0 Å². The number of aromatic nitrogens is 1. The number of rotatable bonds is 7. The molecule has 3 aromatic rings. The first-order valence-electron chi connectivity index (χ1n) is 11.2. The minimum Gasteiger partial charge on any atom is -0.489 e. The second-order valence-electron chi connectivity index (χ2n) is 8.26. The number of methoxy groups -OCH3 is 1. The fourth-order valence-electron chi connectivity index (χ4n) is 3.96. The summed E-state index contributed by atoms with van der Waals surface area (Å²) in [6.07, 6.45) is 2.11. The van der Waals surface area contributed by atoms with Gasteiger partial charge in [-0.2, -0.15) is 0 Å². The highest BCUT2D eigenvalue weighted by Gasteiger charge is 2.29. The van der Waals surface area contributed by atoms with Gasteiger partial charge in [-0.15, -0.1) is 0 Å². The predicted molar refractivity (Wildman–Crippen MR) is 131 cm³/mol. The van der Waals surface area contributed by atoms with E-state index >= 15 is 0 Å². The number of ether oxygens (including phenoxy) is 2. The molecule has 1 aromatic heterocycles. The fraction of sp³-hybridized carbons (Fsp3) is 0.269. The van der Waals surface area contributed by atoms with Gasteiger partial charge in [0.15, 0.2) is 0 Å². The quantitative estimate of drug-likeness (QED) is 0.472. The van der Waals surface area contributed by atoms with Crippen LogP contribution in [0.15, 0.2) is 60.8 Å². The second kappa shape index (κ2) is 10.7. The predicted octanol–water partition coefficient (Wildman–Crippen LogP) is 4.81. The van der Waals surface area contributed by atoms with Gasteiger partial charge in [-0.3, -0.25) is 4.79 Å². The summed E-state index contributed by atoms with van der Waals surface area (Å²) < 4.78 is 23.8. The van der Waals surface area contributed by atoms with Gasteiger partial charge in [0, 0.05) is 19.2 Å². The Labute approximate surface area is 207 Å². The van der Waals surface area contributed by atoms with E-state index in [1.54, 1.807) is 42.5 Å². The molecular formula is C26H25ClFN3O4. The molecule has 1 fully saturated rings. The first-order valence-corrected chi connectivity index (χ1v) is 11.5. The normalized spacial score (nSPS) is 16.0. The van der Waals surface area contributed by atoms with Crippen molar-refractivity contribution in [1.29, 1.82) is 0 Å². The molecule has 182 valence electrons. The van der Waals surface area contributed by atoms with Crippen LogP contribution in [-0.2, 0) is 4.74 Å². The molecule has 1 unspecified atom stereocenters. The van der Waals surface area contributed by atoms with Gasteiger partial charge < -0.3 is 19.7 Å². The van der Waals surface area contributed by atoms with Gasteiger partial charge in [0.05, 0.1) is 35.8 Å². The number of nitrogens with one attached hydrogen (secondary N) is 1. The molecule has 1 aliphatic heterocycles. The Morgan fingerprint density at radius 2 is 1.89 bits per heavy atom. The number of hydrogen-bond acceptors (Lipinski definition) is 6. The van der Waals surface area contributed by atoms with E-state index < -0.39 is 5.97 Å². The summed E-state index contributed by atoms with van der Waals surface area (Å²) in [5, 5.41) is 3.33. The molecular weight excluding hydrogens is 473 g/mol. The highest BCUT2D eigenvalue weighted by Crippen LogP contribution is 2.27. The molecule has 1 amide bonds. The van der Waals surface area contributed by atoms with Crippen molar-refractivity contribution >= 4 is 29.3 Å². The summed E-state index contributed by atoms with van der Waals surface area (Å²) in [6, 6.07) is 14.0. The van der Waals surface area contributed by atoms with E-state index in [9.17, 15) is 14.0 Å². The third-order valence-corrected chi connectivity index (χ3v) is 6.02. The van der Waals surface area contributed by atoms with Gasteiger partial charge in [0.1, 0.15) is 23.5 Å². The molecule has 1 aliphatic rings. The maximum atomic E-state index is 13.2. The maximum absolute atomic E-state index is 13.2. The SMILES string of the molecule is COC(=O)c1ccc([C@H](C)NC(=O)c2cc(Cl)cnc2N2CCC(Oc3ccc(F)cc3)C2)cc1. The van der Waals surface area contributed by atoms with Crippen molar-refractivity contribution < 1.29 is 23.5 Å². The number of amides is 1.